The molecular weight excluding hydrogens is 1140 g/mol. The third kappa shape index (κ3) is 8.42. The second-order valence-electron chi connectivity index (χ2n) is 32.7. The predicted molar refractivity (Wildman–Crippen MR) is 337 cm³/mol. The van der Waals surface area contributed by atoms with E-state index in [1.807, 2.05) is 18.2 Å². The zero-order valence-corrected chi connectivity index (χ0v) is 53.4. The van der Waals surface area contributed by atoms with Crippen LogP contribution in [0.2, 0.25) is 0 Å². The van der Waals surface area contributed by atoms with Gasteiger partial charge in [-0.1, -0.05) is 74.3 Å². The summed E-state index contributed by atoms with van der Waals surface area (Å²) in [5, 5.41) is 130. The molecule has 4 aliphatic heterocycles. The van der Waals surface area contributed by atoms with Crippen molar-refractivity contribution in [1.82, 2.24) is 16.0 Å². The summed E-state index contributed by atoms with van der Waals surface area (Å²) in [5.74, 6) is -2.63. The molecule has 16 heteroatoms. The van der Waals surface area contributed by atoms with Crippen molar-refractivity contribution in [2.45, 2.75) is 252 Å². The van der Waals surface area contributed by atoms with Crippen LogP contribution in [0.5, 0.6) is 0 Å². The minimum atomic E-state index is -2.00. The van der Waals surface area contributed by atoms with Gasteiger partial charge in [0, 0.05) is 71.2 Å². The maximum Gasteiger partial charge on any atom is 0.189 e. The SMILES string of the molecule is CCC[C@@H]1CC[C@H]2[C@H]3[C@@H](O[C@@H]2CC1)[C@@](O)([C@](C)(O)[C@H]1CC[C@@]2(O)C4=C(NC[C@H](C)O)C(=O)[C@@]56/C=C/[C@H]7C8=C9C(=CC8)[C@H]8[C@H]%10C=CN[C@H]%10C[C@H]8O[C@@H]9C[C@@H]8CC[C@@H](C[C@@H]87)[C@@]12C[C@@]1(O)C=C[C@H](C2=C(CCCO)NC(N)C=C2)C[C@@]5(C[C@H](O)[C@H](O)C6)[C@H]41)CCC[C@@H]3O. The lowest BCUT2D eigenvalue weighted by Crippen LogP contribution is -2.76. The van der Waals surface area contributed by atoms with Gasteiger partial charge in [-0.25, -0.2) is 0 Å². The molecule has 14 N–H and O–H groups in total. The van der Waals surface area contributed by atoms with Gasteiger partial charge < -0.3 is 77.1 Å². The Balaban J connectivity index is 0.944. The van der Waals surface area contributed by atoms with E-state index in [0.717, 1.165) is 75.5 Å². The minimum Gasteiger partial charge on any atom is -0.396 e. The number of carbonyl (C=O) groups excluding carboxylic acids is 1. The van der Waals surface area contributed by atoms with Crippen molar-refractivity contribution in [1.29, 1.82) is 0 Å². The zero-order chi connectivity index (χ0) is 62.4. The monoisotopic (exact) mass is 1240 g/mol. The molecule has 0 radical (unpaired) electrons. The minimum absolute atomic E-state index is 0.00468. The van der Waals surface area contributed by atoms with Gasteiger partial charge >= 0.3 is 0 Å². The Hall–Kier alpha value is -3.49. The van der Waals surface area contributed by atoms with E-state index in [1.165, 1.54) is 16.7 Å². The van der Waals surface area contributed by atoms with E-state index in [0.29, 0.717) is 62.0 Å². The second kappa shape index (κ2) is 21.8. The fourth-order valence-electron chi connectivity index (χ4n) is 25.4. The predicted octanol–water partition coefficient (Wildman–Crippen LogP) is 6.36. The number of hydrogen-bond acceptors (Lipinski definition) is 16. The number of rotatable bonds is 11. The fourth-order valence-corrected chi connectivity index (χ4v) is 25.4. The summed E-state index contributed by atoms with van der Waals surface area (Å²) >= 11 is 0. The number of carbonyl (C=O) groups is 1. The highest BCUT2D eigenvalue weighted by Gasteiger charge is 2.83. The van der Waals surface area contributed by atoms with Crippen molar-refractivity contribution in [2.75, 3.05) is 13.2 Å². The van der Waals surface area contributed by atoms with Gasteiger partial charge in [-0.3, -0.25) is 4.79 Å². The number of nitrogens with one attached hydrogen (secondary N) is 3. The van der Waals surface area contributed by atoms with Gasteiger partial charge in [-0.05, 0) is 212 Å². The Kier molecular flexibility index (Phi) is 14.8. The Bertz CT molecular complexity index is 3170. The number of fused-ring (bicyclic) bond motifs is 8. The van der Waals surface area contributed by atoms with Crippen molar-refractivity contribution in [3.63, 3.8) is 0 Å². The van der Waals surface area contributed by atoms with E-state index in [-0.39, 0.29) is 123 Å². The standard InChI is InChI=1S/C74H104N4O12/c1-4-7-39-10-14-47-55(18-11-39)90-67-62(47)52(81)9-5-24-74(67,88)68(3,85)58-22-27-73(87)63-64(77-36-38(2)80)66(84)69-25-21-44-45-15-16-48-60(45)56(89-57-32-51-46(61(48)57)23-28-76-51)30-40-12-13-42(31-49(40)44)72(58,73)37-71(86)26-20-41(43-17-19-59(75)78-50(43)8-6-29-79)33-70(69,65(63)71)35-54(83)53(82)34-69/h16-17,19-21,23,25-26,28,38-42,44,46-47,49,51-59,61-62,65,67,76-83,85-88H,4-15,18,22,24,27,29-37,75H2,1-3H3/b25-21+/t38-,39+,40-,41-,42-,44-,46-,47+,49-,51-,52-,53+,54-,55+,56+,57+,58+,59?,61+,62+,65-,67+,68+,69-,70+,71-,72-,73+,74+/m0/s1. The molecular formula is C74H104N4O12. The smallest absolute Gasteiger partial charge is 0.189 e. The van der Waals surface area contributed by atoms with Crippen LogP contribution in [0.4, 0.5) is 0 Å². The van der Waals surface area contributed by atoms with Crippen LogP contribution >= 0.6 is 0 Å². The fraction of sp³-hybridized carbons (Fsp3) is 0.770. The first-order valence-corrected chi connectivity index (χ1v) is 35.9. The molecule has 9 fully saturated rings. The normalized spacial score (nSPS) is 52.1. The lowest BCUT2D eigenvalue weighted by Gasteiger charge is -2.71. The molecule has 17 aliphatic rings. The van der Waals surface area contributed by atoms with Gasteiger partial charge in [0.1, 0.15) is 5.60 Å². The third-order valence-electron chi connectivity index (χ3n) is 28.8. The molecule has 17 rings (SSSR count). The van der Waals surface area contributed by atoms with Crippen LogP contribution in [0.1, 0.15) is 168 Å². The van der Waals surface area contributed by atoms with Crippen LogP contribution in [-0.4, -0.2) is 148 Å². The molecule has 0 amide bonds. The average Bonchev–Trinajstić information content (AvgIpc) is 1.20. The first kappa shape index (κ1) is 61.4. The van der Waals surface area contributed by atoms with E-state index < -0.39 is 99.0 Å². The van der Waals surface area contributed by atoms with Crippen LogP contribution in [-0.2, 0) is 14.3 Å². The molecule has 3 spiro atoms. The number of aliphatic hydroxyl groups excluding tert-OH is 5. The second-order valence-corrected chi connectivity index (χ2v) is 32.7. The summed E-state index contributed by atoms with van der Waals surface area (Å²) in [6.07, 6.45) is 26.1. The van der Waals surface area contributed by atoms with Crippen LogP contribution < -0.4 is 21.7 Å². The van der Waals surface area contributed by atoms with Crippen molar-refractivity contribution in [2.24, 2.45) is 93.0 Å². The van der Waals surface area contributed by atoms with Gasteiger partial charge in [0.2, 0.25) is 0 Å². The molecule has 8 bridgehead atoms. The van der Waals surface area contributed by atoms with Crippen molar-refractivity contribution in [3.8, 4) is 0 Å². The van der Waals surface area contributed by atoms with Gasteiger partial charge in [-0.15, -0.1) is 0 Å². The molecule has 2 saturated heterocycles. The van der Waals surface area contributed by atoms with E-state index in [1.54, 1.807) is 13.8 Å². The highest BCUT2D eigenvalue weighted by molar-refractivity contribution is 6.04. The quantitative estimate of drug-likeness (QED) is 0.100. The molecule has 7 saturated carbocycles. The molecule has 492 valence electrons. The molecule has 0 aromatic heterocycles. The van der Waals surface area contributed by atoms with Crippen LogP contribution in [0.15, 0.2) is 94.1 Å². The average molecular weight is 1240 g/mol. The molecule has 29 atom stereocenters. The Labute approximate surface area is 531 Å². The summed E-state index contributed by atoms with van der Waals surface area (Å²) in [7, 11) is 0. The molecule has 0 aromatic rings. The van der Waals surface area contributed by atoms with E-state index in [9.17, 15) is 35.7 Å². The number of allylic oxidation sites excluding steroid dienone is 9. The summed E-state index contributed by atoms with van der Waals surface area (Å²) in [6.45, 7) is 5.57. The molecule has 90 heavy (non-hydrogen) atoms. The number of Topliss-reactive ketones (excluding diaryl/α,β-unsaturated/α-hetero) is 1. The third-order valence-corrected chi connectivity index (χ3v) is 28.8. The summed E-state index contributed by atoms with van der Waals surface area (Å²) in [6, 6.07) is 0.312. The Morgan fingerprint density at radius 1 is 0.889 bits per heavy atom. The molecule has 13 aliphatic carbocycles. The summed E-state index contributed by atoms with van der Waals surface area (Å²) in [5.41, 5.74) is 0.625. The Morgan fingerprint density at radius 3 is 2.52 bits per heavy atom. The zero-order valence-electron chi connectivity index (χ0n) is 53.4. The highest BCUT2D eigenvalue weighted by Crippen LogP contribution is 2.80. The maximum atomic E-state index is 17.5. The summed E-state index contributed by atoms with van der Waals surface area (Å²) < 4.78 is 14.8. The van der Waals surface area contributed by atoms with Crippen molar-refractivity contribution in [3.05, 3.63) is 94.1 Å². The van der Waals surface area contributed by atoms with Gasteiger partial charge in [0.25, 0.3) is 0 Å². The number of ketones is 1. The van der Waals surface area contributed by atoms with Gasteiger partial charge in [0.15, 0.2) is 5.78 Å². The topological polar surface area (TPSA) is 280 Å². The van der Waals surface area contributed by atoms with Crippen molar-refractivity contribution < 1.29 is 60.2 Å². The molecule has 1 unspecified atom stereocenters. The van der Waals surface area contributed by atoms with Crippen LogP contribution in [0, 0.1) is 87.3 Å². The highest BCUT2D eigenvalue weighted by atomic mass is 16.5. The molecule has 16 nitrogen and oxygen atoms in total. The van der Waals surface area contributed by atoms with Gasteiger partial charge in [0.05, 0.1) is 82.9 Å². The number of aliphatic hydroxyl groups is 9. The Morgan fingerprint density at radius 2 is 1.71 bits per heavy atom. The summed E-state index contributed by atoms with van der Waals surface area (Å²) in [4.78, 5) is 17.5. The lowest BCUT2D eigenvalue weighted by atomic mass is 9.34. The van der Waals surface area contributed by atoms with E-state index in [4.69, 9.17) is 15.2 Å². The van der Waals surface area contributed by atoms with Crippen molar-refractivity contribution >= 4 is 5.78 Å². The molecule has 4 heterocycles. The van der Waals surface area contributed by atoms with Crippen LogP contribution in [0.25, 0.3) is 0 Å². The maximum absolute atomic E-state index is 17.5. The van der Waals surface area contributed by atoms with Gasteiger partial charge in [-0.2, -0.15) is 0 Å². The number of dihydropyridines is 1. The largest absolute Gasteiger partial charge is 0.396 e. The number of nitrogens with two attached hydrogens (primary N) is 1. The van der Waals surface area contributed by atoms with E-state index in [2.05, 4.69) is 59.5 Å². The number of hydrogen-bond donors (Lipinski definition) is 13. The lowest BCUT2D eigenvalue weighted by molar-refractivity contribution is -0.279. The first-order valence-electron chi connectivity index (χ1n) is 35.9. The molecule has 0 aromatic carbocycles. The van der Waals surface area contributed by atoms with Crippen LogP contribution in [0.3, 0.4) is 0 Å². The number of ether oxygens (including phenoxy) is 2. The van der Waals surface area contributed by atoms with E-state index >= 15 is 15.0 Å². The first-order chi connectivity index (χ1) is 43.2.